The van der Waals surface area contributed by atoms with E-state index < -0.39 is 0 Å². The number of rotatable bonds is 6. The molecular formula is C12H20N4OS. The summed E-state index contributed by atoms with van der Waals surface area (Å²) in [5, 5.41) is 7.17. The first-order valence-electron chi connectivity index (χ1n) is 6.20. The third-order valence-corrected chi connectivity index (χ3v) is 3.07. The Morgan fingerprint density at radius 2 is 2.22 bits per heavy atom. The monoisotopic (exact) mass is 268 g/mol. The average molecular weight is 268 g/mol. The van der Waals surface area contributed by atoms with Crippen LogP contribution in [0.15, 0.2) is 6.07 Å². The first kappa shape index (κ1) is 14.6. The zero-order valence-corrected chi connectivity index (χ0v) is 11.9. The van der Waals surface area contributed by atoms with E-state index >= 15 is 0 Å². The van der Waals surface area contributed by atoms with Gasteiger partial charge in [0.25, 0.3) is 5.91 Å². The highest BCUT2D eigenvalue weighted by Gasteiger charge is 2.18. The van der Waals surface area contributed by atoms with E-state index in [1.54, 1.807) is 4.68 Å². The molecular weight excluding hydrogens is 248 g/mol. The molecule has 1 rings (SSSR count). The van der Waals surface area contributed by atoms with Crippen LogP contribution in [0.2, 0.25) is 0 Å². The lowest BCUT2D eigenvalue weighted by molar-refractivity contribution is 0.0935. The van der Waals surface area contributed by atoms with Gasteiger partial charge in [-0.15, -0.1) is 0 Å². The van der Waals surface area contributed by atoms with E-state index in [1.807, 2.05) is 26.8 Å². The second-order valence-electron chi connectivity index (χ2n) is 4.03. The van der Waals surface area contributed by atoms with Gasteiger partial charge in [0.2, 0.25) is 0 Å². The van der Waals surface area contributed by atoms with Crippen molar-refractivity contribution in [3.05, 3.63) is 17.5 Å². The van der Waals surface area contributed by atoms with Crippen LogP contribution in [0.4, 0.5) is 0 Å². The summed E-state index contributed by atoms with van der Waals surface area (Å²) >= 11 is 4.91. The average Bonchev–Trinajstić information content (AvgIpc) is 2.78. The first-order chi connectivity index (χ1) is 8.53. The van der Waals surface area contributed by atoms with Crippen LogP contribution in [0, 0.1) is 0 Å². The number of hydrogen-bond acceptors (Lipinski definition) is 3. The second kappa shape index (κ2) is 6.49. The Labute approximate surface area is 113 Å². The van der Waals surface area contributed by atoms with Gasteiger partial charge in [-0.2, -0.15) is 5.10 Å². The number of hydrogen-bond donors (Lipinski definition) is 2. The molecule has 0 aromatic carbocycles. The number of nitrogens with zero attached hydrogens (tertiary/aromatic N) is 2. The van der Waals surface area contributed by atoms with Crippen LogP contribution in [0.5, 0.6) is 0 Å². The van der Waals surface area contributed by atoms with E-state index in [0.717, 1.165) is 12.1 Å². The van der Waals surface area contributed by atoms with Gasteiger partial charge in [0.1, 0.15) is 5.69 Å². The number of nitrogens with one attached hydrogen (secondary N) is 1. The van der Waals surface area contributed by atoms with Crippen molar-refractivity contribution in [2.45, 2.75) is 46.2 Å². The maximum absolute atomic E-state index is 12.1. The zero-order valence-electron chi connectivity index (χ0n) is 11.1. The maximum atomic E-state index is 12.1. The fourth-order valence-corrected chi connectivity index (χ4v) is 1.90. The minimum atomic E-state index is -0.266. The van der Waals surface area contributed by atoms with E-state index in [0.29, 0.717) is 23.6 Å². The molecule has 1 heterocycles. The molecule has 0 radical (unpaired) electrons. The molecule has 0 spiro atoms. The number of carbonyl (C=O) groups excluding carboxylic acids is 1. The number of thiocarbonyl (C=S) groups is 1. The lowest BCUT2D eigenvalue weighted by atomic mass is 10.2. The Morgan fingerprint density at radius 1 is 1.56 bits per heavy atom. The Kier molecular flexibility index (Phi) is 5.27. The summed E-state index contributed by atoms with van der Waals surface area (Å²) < 4.78 is 1.69. The van der Waals surface area contributed by atoms with E-state index in [9.17, 15) is 4.79 Å². The molecule has 0 aliphatic rings. The van der Waals surface area contributed by atoms with Gasteiger partial charge in [-0.3, -0.25) is 9.48 Å². The first-order valence-corrected chi connectivity index (χ1v) is 6.61. The fraction of sp³-hybridized carbons (Fsp3) is 0.583. The van der Waals surface area contributed by atoms with Crippen LogP contribution in [-0.4, -0.2) is 26.7 Å². The molecule has 1 aromatic rings. The topological polar surface area (TPSA) is 72.9 Å². The van der Waals surface area contributed by atoms with Crippen molar-refractivity contribution in [3.8, 4) is 0 Å². The molecule has 6 heteroatoms. The van der Waals surface area contributed by atoms with Crippen LogP contribution in [0.1, 0.15) is 43.4 Å². The van der Waals surface area contributed by atoms with Gasteiger partial charge in [0, 0.05) is 6.54 Å². The summed E-state index contributed by atoms with van der Waals surface area (Å²) in [4.78, 5) is 12.4. The number of carbonyl (C=O) groups is 1. The lowest BCUT2D eigenvalue weighted by Crippen LogP contribution is -2.43. The van der Waals surface area contributed by atoms with Gasteiger partial charge in [-0.25, -0.2) is 0 Å². The van der Waals surface area contributed by atoms with Crippen molar-refractivity contribution in [1.82, 2.24) is 15.1 Å². The van der Waals surface area contributed by atoms with Crippen LogP contribution in [-0.2, 0) is 13.0 Å². The third kappa shape index (κ3) is 3.29. The molecule has 0 saturated carbocycles. The molecule has 1 aromatic heterocycles. The van der Waals surface area contributed by atoms with E-state index in [-0.39, 0.29) is 11.9 Å². The molecule has 5 nitrogen and oxygen atoms in total. The summed E-state index contributed by atoms with van der Waals surface area (Å²) in [5.74, 6) is -0.177. The quantitative estimate of drug-likeness (QED) is 0.762. The molecule has 18 heavy (non-hydrogen) atoms. The van der Waals surface area contributed by atoms with Crippen molar-refractivity contribution in [1.29, 1.82) is 0 Å². The van der Waals surface area contributed by atoms with E-state index in [2.05, 4.69) is 10.4 Å². The smallest absolute Gasteiger partial charge is 0.270 e. The van der Waals surface area contributed by atoms with Crippen molar-refractivity contribution < 1.29 is 4.79 Å². The minimum absolute atomic E-state index is 0.177. The van der Waals surface area contributed by atoms with Crippen molar-refractivity contribution >= 4 is 23.1 Å². The molecule has 0 aliphatic heterocycles. The van der Waals surface area contributed by atoms with Gasteiger partial charge in [0.05, 0.1) is 16.7 Å². The highest BCUT2D eigenvalue weighted by atomic mass is 32.1. The molecule has 0 fully saturated rings. The highest BCUT2D eigenvalue weighted by Crippen LogP contribution is 2.06. The van der Waals surface area contributed by atoms with Gasteiger partial charge >= 0.3 is 0 Å². The summed E-state index contributed by atoms with van der Waals surface area (Å²) in [6, 6.07) is 1.54. The van der Waals surface area contributed by atoms with Gasteiger partial charge in [0.15, 0.2) is 0 Å². The van der Waals surface area contributed by atoms with E-state index in [4.69, 9.17) is 18.0 Å². The molecule has 1 amide bonds. The molecule has 3 N–H and O–H groups in total. The lowest BCUT2D eigenvalue weighted by Gasteiger charge is -2.15. The fourth-order valence-electron chi connectivity index (χ4n) is 1.67. The Morgan fingerprint density at radius 3 is 2.67 bits per heavy atom. The summed E-state index contributed by atoms with van der Waals surface area (Å²) in [6.45, 7) is 6.55. The second-order valence-corrected chi connectivity index (χ2v) is 4.50. The molecule has 1 unspecified atom stereocenters. The predicted octanol–water partition coefficient (Wildman–Crippen LogP) is 1.26. The number of aryl methyl sites for hydroxylation is 2. The standard InChI is InChI=1S/C12H20N4OS/c1-4-8-7-10(16(6-3)15-8)12(17)14-9(5-2)11(13)18/h7,9H,4-6H2,1-3H3,(H2,13,18)(H,14,17). The Balaban J connectivity index is 2.89. The van der Waals surface area contributed by atoms with Gasteiger partial charge in [-0.05, 0) is 25.8 Å². The van der Waals surface area contributed by atoms with Gasteiger partial charge < -0.3 is 11.1 Å². The summed E-state index contributed by atoms with van der Waals surface area (Å²) in [7, 11) is 0. The van der Waals surface area contributed by atoms with Crippen LogP contribution >= 0.6 is 12.2 Å². The Hall–Kier alpha value is -1.43. The number of amides is 1. The normalized spacial score (nSPS) is 12.2. The SMILES string of the molecule is CCc1cc(C(=O)NC(CC)C(N)=S)n(CC)n1. The molecule has 0 bridgehead atoms. The third-order valence-electron chi connectivity index (χ3n) is 2.78. The van der Waals surface area contributed by atoms with Crippen LogP contribution < -0.4 is 11.1 Å². The zero-order chi connectivity index (χ0) is 13.7. The summed E-state index contributed by atoms with van der Waals surface area (Å²) in [6.07, 6.45) is 1.49. The molecule has 0 aliphatic carbocycles. The number of nitrogens with two attached hydrogens (primary N) is 1. The molecule has 1 atom stereocenters. The largest absolute Gasteiger partial charge is 0.392 e. The van der Waals surface area contributed by atoms with Crippen molar-refractivity contribution in [2.75, 3.05) is 0 Å². The Bertz CT molecular complexity index is 441. The number of aromatic nitrogens is 2. The maximum Gasteiger partial charge on any atom is 0.270 e. The van der Waals surface area contributed by atoms with E-state index in [1.165, 1.54) is 0 Å². The summed E-state index contributed by atoms with van der Waals surface area (Å²) in [5.41, 5.74) is 7.04. The van der Waals surface area contributed by atoms with Crippen molar-refractivity contribution in [3.63, 3.8) is 0 Å². The van der Waals surface area contributed by atoms with Crippen molar-refractivity contribution in [2.24, 2.45) is 5.73 Å². The highest BCUT2D eigenvalue weighted by molar-refractivity contribution is 7.80. The molecule has 100 valence electrons. The van der Waals surface area contributed by atoms with Gasteiger partial charge in [-0.1, -0.05) is 26.1 Å². The minimum Gasteiger partial charge on any atom is -0.392 e. The van der Waals surface area contributed by atoms with Crippen LogP contribution in [0.25, 0.3) is 0 Å². The predicted molar refractivity (Wildman–Crippen MR) is 75.6 cm³/mol. The van der Waals surface area contributed by atoms with Crippen LogP contribution in [0.3, 0.4) is 0 Å². The molecule has 0 saturated heterocycles.